The van der Waals surface area contributed by atoms with Crippen LogP contribution in [0.5, 0.6) is 0 Å². The monoisotopic (exact) mass is 302 g/mol. The summed E-state index contributed by atoms with van der Waals surface area (Å²) in [6, 6.07) is 2.73. The number of nitrogen functional groups attached to an aromatic ring is 1. The zero-order valence-corrected chi connectivity index (χ0v) is 10.5. The van der Waals surface area contributed by atoms with E-state index in [1.165, 1.54) is 12.1 Å². The first-order chi connectivity index (χ1) is 7.56. The number of rotatable bonds is 2. The van der Waals surface area contributed by atoms with Crippen molar-refractivity contribution in [1.29, 1.82) is 0 Å². The number of nitrogens with two attached hydrogens (primary N) is 1. The maximum Gasteiger partial charge on any atom is 0.294 e. The number of hydrogen-bond acceptors (Lipinski definition) is 3. The third kappa shape index (κ3) is 3.12. The molecule has 6 heteroatoms. The Kier molecular flexibility index (Phi) is 4.59. The third-order valence-electron chi connectivity index (χ3n) is 1.76. The Morgan fingerprint density at radius 2 is 2.25 bits per heavy atom. The Bertz CT molecular complexity index is 480. The van der Waals surface area contributed by atoms with Gasteiger partial charge in [-0.15, -0.1) is 0 Å². The lowest BCUT2D eigenvalue weighted by Gasteiger charge is -2.00. The third-order valence-corrected chi connectivity index (χ3v) is 2.38. The molecule has 16 heavy (non-hydrogen) atoms. The summed E-state index contributed by atoms with van der Waals surface area (Å²) in [6.07, 6.45) is 0.639. The van der Waals surface area contributed by atoms with E-state index in [2.05, 4.69) is 27.8 Å². The van der Waals surface area contributed by atoms with Gasteiger partial charge in [-0.05, 0) is 6.07 Å². The first-order valence-corrected chi connectivity index (χ1v) is 5.84. The SMILES string of the molecule is Nc1c(C#CCCBr)cc(Cl)cc1[N+](=O)[O-]. The second-order valence-electron chi connectivity index (χ2n) is 2.88. The van der Waals surface area contributed by atoms with Crippen molar-refractivity contribution in [1.82, 2.24) is 0 Å². The van der Waals surface area contributed by atoms with Gasteiger partial charge >= 0.3 is 0 Å². The van der Waals surface area contributed by atoms with Crippen LogP contribution in [0, 0.1) is 22.0 Å². The smallest absolute Gasteiger partial charge is 0.294 e. The van der Waals surface area contributed by atoms with Gasteiger partial charge in [-0.1, -0.05) is 39.4 Å². The molecule has 0 unspecified atom stereocenters. The van der Waals surface area contributed by atoms with Crippen LogP contribution in [0.25, 0.3) is 0 Å². The Morgan fingerprint density at radius 3 is 2.81 bits per heavy atom. The summed E-state index contributed by atoms with van der Waals surface area (Å²) in [5.74, 6) is 5.58. The summed E-state index contributed by atoms with van der Waals surface area (Å²) in [6.45, 7) is 0. The minimum absolute atomic E-state index is 0.0523. The van der Waals surface area contributed by atoms with Crippen molar-refractivity contribution in [3.8, 4) is 11.8 Å². The summed E-state index contributed by atoms with van der Waals surface area (Å²) in [5.41, 5.74) is 5.85. The molecule has 0 atom stereocenters. The quantitative estimate of drug-likeness (QED) is 0.300. The van der Waals surface area contributed by atoms with Gasteiger partial charge in [0.1, 0.15) is 5.69 Å². The number of benzene rings is 1. The molecule has 1 aromatic rings. The summed E-state index contributed by atoms with van der Waals surface area (Å²) in [4.78, 5) is 10.1. The number of halogens is 2. The summed E-state index contributed by atoms with van der Waals surface area (Å²) >= 11 is 8.97. The maximum atomic E-state index is 10.7. The van der Waals surface area contributed by atoms with Crippen molar-refractivity contribution >= 4 is 38.9 Å². The molecule has 0 aliphatic carbocycles. The first kappa shape index (κ1) is 12.8. The lowest BCUT2D eigenvalue weighted by atomic mass is 10.1. The number of nitro benzene ring substituents is 1. The molecule has 84 valence electrons. The fraction of sp³-hybridized carbons (Fsp3) is 0.200. The summed E-state index contributed by atoms with van der Waals surface area (Å²) < 4.78 is 0. The molecule has 0 spiro atoms. The largest absolute Gasteiger partial charge is 0.392 e. The van der Waals surface area contributed by atoms with Crippen LogP contribution in [0.3, 0.4) is 0 Å². The highest BCUT2D eigenvalue weighted by atomic mass is 79.9. The van der Waals surface area contributed by atoms with E-state index < -0.39 is 4.92 Å². The van der Waals surface area contributed by atoms with Crippen LogP contribution in [0.15, 0.2) is 12.1 Å². The number of nitro groups is 1. The van der Waals surface area contributed by atoms with Crippen LogP contribution in [0.2, 0.25) is 5.02 Å². The van der Waals surface area contributed by atoms with E-state index in [0.717, 1.165) is 5.33 Å². The van der Waals surface area contributed by atoms with E-state index in [9.17, 15) is 10.1 Å². The molecule has 0 heterocycles. The molecule has 2 N–H and O–H groups in total. The van der Waals surface area contributed by atoms with Crippen molar-refractivity contribution in [2.75, 3.05) is 11.1 Å². The predicted octanol–water partition coefficient (Wildman–Crippen LogP) is 2.97. The molecule has 0 aliphatic rings. The van der Waals surface area contributed by atoms with Gasteiger partial charge in [-0.25, -0.2) is 0 Å². The van der Waals surface area contributed by atoms with Crippen molar-refractivity contribution < 1.29 is 4.92 Å². The van der Waals surface area contributed by atoms with E-state index in [1.54, 1.807) is 0 Å². The maximum absolute atomic E-state index is 10.7. The lowest BCUT2D eigenvalue weighted by molar-refractivity contribution is -0.383. The highest BCUT2D eigenvalue weighted by molar-refractivity contribution is 9.09. The molecule has 0 saturated carbocycles. The number of anilines is 1. The molecule has 1 rings (SSSR count). The standard InChI is InChI=1S/C10H8BrClN2O2/c11-4-2-1-3-7-5-8(12)6-9(10(7)13)14(15)16/h5-6H,2,4,13H2. The molecule has 0 saturated heterocycles. The topological polar surface area (TPSA) is 69.2 Å². The Labute approximate surface area is 106 Å². The highest BCUT2D eigenvalue weighted by Gasteiger charge is 2.15. The van der Waals surface area contributed by atoms with Crippen molar-refractivity contribution in [2.24, 2.45) is 0 Å². The predicted molar refractivity (Wildman–Crippen MR) is 67.8 cm³/mol. The molecular formula is C10H8BrClN2O2. The minimum atomic E-state index is -0.573. The lowest BCUT2D eigenvalue weighted by Crippen LogP contribution is -1.98. The van der Waals surface area contributed by atoms with E-state index >= 15 is 0 Å². The van der Waals surface area contributed by atoms with E-state index in [0.29, 0.717) is 12.0 Å². The van der Waals surface area contributed by atoms with Crippen LogP contribution < -0.4 is 5.73 Å². The van der Waals surface area contributed by atoms with Crippen LogP contribution >= 0.6 is 27.5 Å². The molecule has 0 aliphatic heterocycles. The Morgan fingerprint density at radius 1 is 1.56 bits per heavy atom. The van der Waals surface area contributed by atoms with E-state index in [1.807, 2.05) is 0 Å². The highest BCUT2D eigenvalue weighted by Crippen LogP contribution is 2.28. The van der Waals surface area contributed by atoms with Gasteiger partial charge in [0, 0.05) is 22.8 Å². The fourth-order valence-corrected chi connectivity index (χ4v) is 1.47. The normalized spacial score (nSPS) is 9.38. The molecule has 0 radical (unpaired) electrons. The van der Waals surface area contributed by atoms with Gasteiger partial charge in [-0.2, -0.15) is 0 Å². The Hall–Kier alpha value is -1.25. The fourth-order valence-electron chi connectivity index (χ4n) is 1.06. The van der Waals surface area contributed by atoms with Gasteiger partial charge < -0.3 is 5.73 Å². The zero-order valence-electron chi connectivity index (χ0n) is 8.17. The first-order valence-electron chi connectivity index (χ1n) is 4.34. The van der Waals surface area contributed by atoms with Crippen LogP contribution in [-0.4, -0.2) is 10.3 Å². The average molecular weight is 304 g/mol. The molecule has 1 aromatic carbocycles. The number of alkyl halides is 1. The summed E-state index contributed by atoms with van der Waals surface area (Å²) in [5, 5.41) is 11.7. The molecule has 0 amide bonds. The number of nitrogens with zero attached hydrogens (tertiary/aromatic N) is 1. The Balaban J connectivity index is 3.21. The number of hydrogen-bond donors (Lipinski definition) is 1. The molecular weight excluding hydrogens is 295 g/mol. The van der Waals surface area contributed by atoms with Gasteiger partial charge in [-0.3, -0.25) is 10.1 Å². The van der Waals surface area contributed by atoms with Crippen LogP contribution in [0.4, 0.5) is 11.4 Å². The van der Waals surface area contributed by atoms with E-state index in [-0.39, 0.29) is 16.4 Å². The van der Waals surface area contributed by atoms with Gasteiger partial charge in [0.15, 0.2) is 0 Å². The van der Waals surface area contributed by atoms with Gasteiger partial charge in [0.05, 0.1) is 10.5 Å². The van der Waals surface area contributed by atoms with Crippen molar-refractivity contribution in [3.63, 3.8) is 0 Å². The van der Waals surface area contributed by atoms with Crippen LogP contribution in [-0.2, 0) is 0 Å². The molecule has 4 nitrogen and oxygen atoms in total. The zero-order chi connectivity index (χ0) is 12.1. The minimum Gasteiger partial charge on any atom is -0.392 e. The van der Waals surface area contributed by atoms with Gasteiger partial charge in [0.25, 0.3) is 5.69 Å². The second kappa shape index (κ2) is 5.73. The molecule has 0 bridgehead atoms. The van der Waals surface area contributed by atoms with E-state index in [4.69, 9.17) is 17.3 Å². The summed E-state index contributed by atoms with van der Waals surface area (Å²) in [7, 11) is 0. The average Bonchev–Trinajstić information content (AvgIpc) is 2.22. The van der Waals surface area contributed by atoms with Crippen LogP contribution in [0.1, 0.15) is 12.0 Å². The van der Waals surface area contributed by atoms with Crippen molar-refractivity contribution in [3.05, 3.63) is 32.8 Å². The second-order valence-corrected chi connectivity index (χ2v) is 4.11. The molecule has 0 fully saturated rings. The van der Waals surface area contributed by atoms with Gasteiger partial charge in [0.2, 0.25) is 0 Å². The van der Waals surface area contributed by atoms with Crippen molar-refractivity contribution in [2.45, 2.75) is 6.42 Å². The molecule has 0 aromatic heterocycles.